The van der Waals surface area contributed by atoms with E-state index in [4.69, 9.17) is 17.3 Å². The SMILES string of the molecule is N[13c]1[13cH][13cH][13c]2[13c]([13cH]1)C(c1ccccc1Cl)=NCC(=O)N2. The van der Waals surface area contributed by atoms with Gasteiger partial charge in [0.05, 0.1) is 11.4 Å². The number of aliphatic imine (C=N–C) groups is 1. The molecule has 0 fully saturated rings. The number of nitrogens with two attached hydrogens (primary N) is 1. The number of hydrogen-bond acceptors (Lipinski definition) is 3. The molecule has 1 heterocycles. The zero-order valence-corrected chi connectivity index (χ0v) is 11.3. The molecular weight excluding hydrogens is 280 g/mol. The Morgan fingerprint density at radius 2 is 1.95 bits per heavy atom. The van der Waals surface area contributed by atoms with E-state index < -0.39 is 0 Å². The number of amides is 1. The molecule has 3 rings (SSSR count). The molecule has 0 atom stereocenters. The summed E-state index contributed by atoms with van der Waals surface area (Å²) in [6.45, 7) is 0.0646. The zero-order chi connectivity index (χ0) is 14.1. The molecular formula is C15H12ClN3O. The van der Waals surface area contributed by atoms with Crippen LogP contribution in [-0.4, -0.2) is 18.2 Å². The van der Waals surface area contributed by atoms with Crippen LogP contribution in [0.4, 0.5) is 11.4 Å². The van der Waals surface area contributed by atoms with Gasteiger partial charge in [-0.15, -0.1) is 0 Å². The number of benzene rings is 2. The van der Waals surface area contributed by atoms with Crippen LogP contribution in [0.3, 0.4) is 0 Å². The number of carbonyl (C=O) groups excluding carboxylic acids is 1. The second-order valence-electron chi connectivity index (χ2n) is 4.50. The van der Waals surface area contributed by atoms with Gasteiger partial charge in [0.2, 0.25) is 5.91 Å². The average Bonchev–Trinajstić information content (AvgIpc) is 2.58. The first kappa shape index (κ1) is 12.7. The molecule has 0 bridgehead atoms. The Kier molecular flexibility index (Phi) is 3.16. The van der Waals surface area contributed by atoms with Gasteiger partial charge in [0, 0.05) is 21.8 Å². The third-order valence-electron chi connectivity index (χ3n) is 3.08. The van der Waals surface area contributed by atoms with Crippen LogP contribution in [0.25, 0.3) is 0 Å². The Bertz CT molecular complexity index is 725. The van der Waals surface area contributed by atoms with E-state index in [2.05, 4.69) is 10.3 Å². The first-order chi connectivity index (χ1) is 9.65. The van der Waals surface area contributed by atoms with Crippen molar-refractivity contribution < 1.29 is 4.79 Å². The molecule has 0 radical (unpaired) electrons. The maximum Gasteiger partial charge on any atom is 0.246 e. The van der Waals surface area contributed by atoms with Crippen molar-refractivity contribution in [3.63, 3.8) is 0 Å². The minimum absolute atomic E-state index is 0.0646. The Labute approximate surface area is 121 Å². The molecule has 0 spiro atoms. The summed E-state index contributed by atoms with van der Waals surface area (Å²) < 4.78 is 0. The summed E-state index contributed by atoms with van der Waals surface area (Å²) in [5.74, 6) is -0.155. The van der Waals surface area contributed by atoms with Crippen molar-refractivity contribution in [1.29, 1.82) is 0 Å². The van der Waals surface area contributed by atoms with Crippen LogP contribution in [-0.2, 0) is 4.79 Å². The number of nitrogens with zero attached hydrogens (tertiary/aromatic N) is 1. The van der Waals surface area contributed by atoms with E-state index in [0.717, 1.165) is 11.1 Å². The van der Waals surface area contributed by atoms with E-state index in [1.54, 1.807) is 24.3 Å². The first-order valence-electron chi connectivity index (χ1n) is 6.14. The van der Waals surface area contributed by atoms with E-state index in [1.807, 2.05) is 18.2 Å². The van der Waals surface area contributed by atoms with Crippen LogP contribution in [0.15, 0.2) is 47.5 Å². The van der Waals surface area contributed by atoms with Crippen molar-refractivity contribution in [2.24, 2.45) is 4.99 Å². The summed E-state index contributed by atoms with van der Waals surface area (Å²) in [5.41, 5.74) is 9.40. The lowest BCUT2D eigenvalue weighted by atomic mass is 10.2. The number of halogens is 1. The second kappa shape index (κ2) is 4.98. The first-order valence-corrected chi connectivity index (χ1v) is 6.52. The maximum atomic E-state index is 11.7. The lowest BCUT2D eigenvalue weighted by Crippen LogP contribution is -2.13. The summed E-state index contributed by atoms with van der Waals surface area (Å²) in [4.78, 5) is 16.1. The van der Waals surface area contributed by atoms with Crippen LogP contribution < -0.4 is 11.1 Å². The van der Waals surface area contributed by atoms with Crippen LogP contribution in [0.5, 0.6) is 0 Å². The normalized spacial score (nSPS) is 14.1. The van der Waals surface area contributed by atoms with Crippen molar-refractivity contribution in [3.8, 4) is 0 Å². The highest BCUT2D eigenvalue weighted by molar-refractivity contribution is 6.36. The van der Waals surface area contributed by atoms with Crippen molar-refractivity contribution in [2.75, 3.05) is 17.6 Å². The summed E-state index contributed by atoms with van der Waals surface area (Å²) >= 11 is 6.24. The van der Waals surface area contributed by atoms with Gasteiger partial charge >= 0.3 is 0 Å². The third-order valence-corrected chi connectivity index (χ3v) is 3.41. The molecule has 5 heteroatoms. The molecule has 0 saturated heterocycles. The molecule has 0 aliphatic carbocycles. The van der Waals surface area contributed by atoms with Gasteiger partial charge in [-0.3, -0.25) is 9.79 Å². The fourth-order valence-electron chi connectivity index (χ4n) is 2.18. The zero-order valence-electron chi connectivity index (χ0n) is 10.6. The highest BCUT2D eigenvalue weighted by atomic mass is 35.5. The Morgan fingerprint density at radius 1 is 1.15 bits per heavy atom. The average molecular weight is 292 g/mol. The molecule has 1 aliphatic rings. The van der Waals surface area contributed by atoms with Crippen molar-refractivity contribution in [1.82, 2.24) is 0 Å². The number of benzodiazepines with no additional fused rings is 1. The lowest BCUT2D eigenvalue weighted by molar-refractivity contribution is -0.114. The van der Waals surface area contributed by atoms with E-state index in [-0.39, 0.29) is 12.5 Å². The number of carbonyl (C=O) groups is 1. The summed E-state index contributed by atoms with van der Waals surface area (Å²) in [6, 6.07) is 12.7. The highest BCUT2D eigenvalue weighted by Gasteiger charge is 2.19. The molecule has 2 aromatic carbocycles. The molecule has 1 aliphatic heterocycles. The molecule has 1 amide bonds. The molecule has 100 valence electrons. The Balaban J connectivity index is 2.23. The number of rotatable bonds is 1. The van der Waals surface area contributed by atoms with E-state index in [1.165, 1.54) is 0 Å². The van der Waals surface area contributed by atoms with Gasteiger partial charge in [0.15, 0.2) is 0 Å². The molecule has 0 aromatic heterocycles. The summed E-state index contributed by atoms with van der Waals surface area (Å²) in [7, 11) is 0. The maximum absolute atomic E-state index is 11.7. The van der Waals surface area contributed by atoms with E-state index in [0.29, 0.717) is 22.1 Å². The highest BCUT2D eigenvalue weighted by Crippen LogP contribution is 2.27. The van der Waals surface area contributed by atoms with Gasteiger partial charge in [-0.05, 0) is 24.3 Å². The van der Waals surface area contributed by atoms with Crippen molar-refractivity contribution in [2.45, 2.75) is 0 Å². The van der Waals surface area contributed by atoms with Crippen LogP contribution in [0.2, 0.25) is 5.02 Å². The van der Waals surface area contributed by atoms with Gasteiger partial charge < -0.3 is 11.1 Å². The number of hydrogen-bond donors (Lipinski definition) is 2. The van der Waals surface area contributed by atoms with Gasteiger partial charge in [-0.2, -0.15) is 0 Å². The Morgan fingerprint density at radius 3 is 2.75 bits per heavy atom. The number of nitrogens with one attached hydrogen (secondary N) is 1. The molecule has 2 aromatic rings. The molecule has 4 nitrogen and oxygen atoms in total. The topological polar surface area (TPSA) is 67.5 Å². The van der Waals surface area contributed by atoms with Gasteiger partial charge in [-0.25, -0.2) is 0 Å². The lowest BCUT2D eigenvalue weighted by Gasteiger charge is -2.11. The number of nitrogen functional groups attached to an aromatic ring is 1. The van der Waals surface area contributed by atoms with Gasteiger partial charge in [0.1, 0.15) is 6.54 Å². The second-order valence-corrected chi connectivity index (χ2v) is 4.91. The molecule has 20 heavy (non-hydrogen) atoms. The number of anilines is 2. The van der Waals surface area contributed by atoms with E-state index >= 15 is 0 Å². The monoisotopic (exact) mass is 291 g/mol. The van der Waals surface area contributed by atoms with Crippen molar-refractivity contribution >= 4 is 34.6 Å². The van der Waals surface area contributed by atoms with Gasteiger partial charge in [0.25, 0.3) is 0 Å². The standard InChI is InChI=1S/C15H12ClN3O/c16-12-4-2-1-3-10(12)15-11-7-9(17)5-6-13(11)19-14(20)8-18-15/h1-7H,8,17H2,(H,19,20)/i5+1,6+1,7+1,9+1,11+1,13+1. The number of fused-ring (bicyclic) bond motifs is 1. The quantitative estimate of drug-likeness (QED) is 0.793. The largest absolute Gasteiger partial charge is 0.399 e. The fraction of sp³-hybridized carbons (Fsp3) is 0.0667. The Hall–Kier alpha value is -2.33. The molecule has 3 N–H and O–H groups in total. The van der Waals surface area contributed by atoms with Crippen LogP contribution in [0.1, 0.15) is 11.1 Å². The van der Waals surface area contributed by atoms with Gasteiger partial charge in [-0.1, -0.05) is 29.8 Å². The summed E-state index contributed by atoms with van der Waals surface area (Å²) in [6.07, 6.45) is 0. The molecule has 0 unspecified atom stereocenters. The van der Waals surface area contributed by atoms with Crippen LogP contribution in [0, 0.1) is 0 Å². The van der Waals surface area contributed by atoms with E-state index in [9.17, 15) is 4.79 Å². The summed E-state index contributed by atoms with van der Waals surface area (Å²) in [5, 5.41) is 3.41. The fourth-order valence-corrected chi connectivity index (χ4v) is 2.40. The van der Waals surface area contributed by atoms with Crippen molar-refractivity contribution in [3.05, 3.63) is 58.6 Å². The minimum atomic E-state index is -0.155. The molecule has 0 saturated carbocycles. The minimum Gasteiger partial charge on any atom is -0.399 e. The smallest absolute Gasteiger partial charge is 0.246 e. The van der Waals surface area contributed by atoms with Crippen LogP contribution >= 0.6 is 11.6 Å². The predicted molar refractivity (Wildman–Crippen MR) is 81.4 cm³/mol. The predicted octanol–water partition coefficient (Wildman–Crippen LogP) is 2.71. The third kappa shape index (κ3) is 2.26.